The van der Waals surface area contributed by atoms with E-state index in [2.05, 4.69) is 38.1 Å². The summed E-state index contributed by atoms with van der Waals surface area (Å²) in [6, 6.07) is 5.67. The number of carbonyl (C=O) groups is 1. The van der Waals surface area contributed by atoms with Crippen LogP contribution in [0.2, 0.25) is 5.02 Å². The predicted molar refractivity (Wildman–Crippen MR) is 91.0 cm³/mol. The number of rotatable bonds is 4. The van der Waals surface area contributed by atoms with Gasteiger partial charge in [0.05, 0.1) is 12.1 Å². The van der Waals surface area contributed by atoms with E-state index in [0.29, 0.717) is 27.9 Å². The van der Waals surface area contributed by atoms with E-state index in [1.54, 1.807) is 12.1 Å². The summed E-state index contributed by atoms with van der Waals surface area (Å²) in [6.45, 7) is 0.338. The van der Waals surface area contributed by atoms with Crippen molar-refractivity contribution in [1.29, 1.82) is 0 Å². The maximum absolute atomic E-state index is 12.2. The van der Waals surface area contributed by atoms with Gasteiger partial charge in [0, 0.05) is 14.6 Å². The standard InChI is InChI=1S/C13H12ClIN4OS/c14-7-1-4-10(15)9(5-7)12(20)16-6-11-17-18-13(21)19(11)8-2-3-8/h1,4-5,8H,2-3,6H2,(H,16,20)(H,18,21). The van der Waals surface area contributed by atoms with E-state index < -0.39 is 0 Å². The molecule has 0 bridgehead atoms. The van der Waals surface area contributed by atoms with Gasteiger partial charge < -0.3 is 5.32 Å². The van der Waals surface area contributed by atoms with Gasteiger partial charge >= 0.3 is 0 Å². The SMILES string of the molecule is O=C(NCc1n[nH]c(=S)n1C1CC1)c1cc(Cl)ccc1I. The number of hydrogen-bond acceptors (Lipinski definition) is 3. The van der Waals surface area contributed by atoms with Gasteiger partial charge in [0.25, 0.3) is 5.91 Å². The lowest BCUT2D eigenvalue weighted by atomic mass is 10.2. The molecule has 1 aromatic heterocycles. The Kier molecular flexibility index (Phi) is 4.32. The van der Waals surface area contributed by atoms with Gasteiger partial charge in [0.15, 0.2) is 10.6 Å². The molecular weight excluding hydrogens is 423 g/mol. The Morgan fingerprint density at radius 1 is 1.57 bits per heavy atom. The molecule has 1 fully saturated rings. The molecule has 0 aliphatic heterocycles. The third-order valence-corrected chi connectivity index (χ3v) is 4.73. The summed E-state index contributed by atoms with van der Waals surface area (Å²) in [5.41, 5.74) is 0.565. The molecule has 3 rings (SSSR count). The van der Waals surface area contributed by atoms with Gasteiger partial charge in [-0.05, 0) is 65.8 Å². The van der Waals surface area contributed by atoms with E-state index in [9.17, 15) is 4.79 Å². The molecular formula is C13H12ClIN4OS. The highest BCUT2D eigenvalue weighted by Crippen LogP contribution is 2.35. The Hall–Kier alpha value is -0.930. The zero-order chi connectivity index (χ0) is 15.0. The number of benzene rings is 1. The van der Waals surface area contributed by atoms with E-state index in [4.69, 9.17) is 23.8 Å². The van der Waals surface area contributed by atoms with Gasteiger partial charge in [0.1, 0.15) is 0 Å². The molecule has 0 atom stereocenters. The van der Waals surface area contributed by atoms with Crippen molar-refractivity contribution in [3.05, 3.63) is 43.0 Å². The fourth-order valence-electron chi connectivity index (χ4n) is 2.10. The average molecular weight is 435 g/mol. The number of aromatic amines is 1. The van der Waals surface area contributed by atoms with E-state index in [1.165, 1.54) is 0 Å². The fourth-order valence-corrected chi connectivity index (χ4v) is 3.15. The van der Waals surface area contributed by atoms with Crippen LogP contribution in [-0.2, 0) is 6.54 Å². The van der Waals surface area contributed by atoms with Crippen LogP contribution in [0.5, 0.6) is 0 Å². The van der Waals surface area contributed by atoms with Gasteiger partial charge in [-0.15, -0.1) is 0 Å². The van der Waals surface area contributed by atoms with E-state index in [0.717, 1.165) is 22.2 Å². The van der Waals surface area contributed by atoms with Crippen molar-refractivity contribution in [2.75, 3.05) is 0 Å². The van der Waals surface area contributed by atoms with Crippen LogP contribution in [0.1, 0.15) is 35.1 Å². The van der Waals surface area contributed by atoms with Gasteiger partial charge in [-0.2, -0.15) is 5.10 Å². The lowest BCUT2D eigenvalue weighted by Crippen LogP contribution is -2.25. The normalized spacial score (nSPS) is 14.2. The van der Waals surface area contributed by atoms with Crippen molar-refractivity contribution >= 4 is 52.3 Å². The number of halogens is 2. The third kappa shape index (κ3) is 3.29. The summed E-state index contributed by atoms with van der Waals surface area (Å²) < 4.78 is 3.45. The lowest BCUT2D eigenvalue weighted by molar-refractivity contribution is 0.0948. The van der Waals surface area contributed by atoms with Crippen LogP contribution >= 0.6 is 46.4 Å². The molecule has 2 N–H and O–H groups in total. The highest BCUT2D eigenvalue weighted by atomic mass is 127. The molecule has 1 aromatic carbocycles. The summed E-state index contributed by atoms with van der Waals surface area (Å²) >= 11 is 13.3. The van der Waals surface area contributed by atoms with Crippen molar-refractivity contribution in [2.24, 2.45) is 0 Å². The first-order chi connectivity index (χ1) is 10.1. The molecule has 21 heavy (non-hydrogen) atoms. The maximum Gasteiger partial charge on any atom is 0.252 e. The largest absolute Gasteiger partial charge is 0.345 e. The molecule has 0 unspecified atom stereocenters. The highest BCUT2D eigenvalue weighted by molar-refractivity contribution is 14.1. The molecule has 0 spiro atoms. The zero-order valence-corrected chi connectivity index (χ0v) is 14.6. The maximum atomic E-state index is 12.2. The molecule has 1 aliphatic rings. The van der Waals surface area contributed by atoms with Crippen molar-refractivity contribution in [3.8, 4) is 0 Å². The Balaban J connectivity index is 1.74. The number of nitrogens with one attached hydrogen (secondary N) is 2. The smallest absolute Gasteiger partial charge is 0.252 e. The fraction of sp³-hybridized carbons (Fsp3) is 0.308. The monoisotopic (exact) mass is 434 g/mol. The molecule has 0 saturated heterocycles. The number of H-pyrrole nitrogens is 1. The number of hydrogen-bond donors (Lipinski definition) is 2. The van der Waals surface area contributed by atoms with Crippen molar-refractivity contribution in [1.82, 2.24) is 20.1 Å². The molecule has 1 aliphatic carbocycles. The quantitative estimate of drug-likeness (QED) is 0.572. The van der Waals surface area contributed by atoms with Gasteiger partial charge in [-0.1, -0.05) is 11.6 Å². The minimum atomic E-state index is -0.168. The summed E-state index contributed by atoms with van der Waals surface area (Å²) in [5, 5.41) is 10.4. The Morgan fingerprint density at radius 3 is 3.05 bits per heavy atom. The molecule has 0 radical (unpaired) electrons. The van der Waals surface area contributed by atoms with E-state index >= 15 is 0 Å². The summed E-state index contributed by atoms with van der Waals surface area (Å²) in [6.07, 6.45) is 2.22. The second-order valence-corrected chi connectivity index (χ2v) is 6.84. The average Bonchev–Trinajstić information content (AvgIpc) is 3.22. The number of aromatic nitrogens is 3. The predicted octanol–water partition coefficient (Wildman–Crippen LogP) is 3.46. The molecule has 8 heteroatoms. The number of amides is 1. The number of carbonyl (C=O) groups excluding carboxylic acids is 1. The molecule has 1 saturated carbocycles. The van der Waals surface area contributed by atoms with Crippen molar-refractivity contribution in [2.45, 2.75) is 25.4 Å². The van der Waals surface area contributed by atoms with Crippen LogP contribution in [0, 0.1) is 8.34 Å². The molecule has 1 amide bonds. The first-order valence-electron chi connectivity index (χ1n) is 6.45. The lowest BCUT2D eigenvalue weighted by Gasteiger charge is -2.08. The second kappa shape index (κ2) is 6.05. The van der Waals surface area contributed by atoms with Crippen LogP contribution < -0.4 is 5.32 Å². The molecule has 1 heterocycles. The van der Waals surface area contributed by atoms with Gasteiger partial charge in [-0.25, -0.2) is 0 Å². The molecule has 110 valence electrons. The minimum absolute atomic E-state index is 0.168. The summed E-state index contributed by atoms with van der Waals surface area (Å²) in [4.78, 5) is 12.2. The van der Waals surface area contributed by atoms with Crippen LogP contribution in [0.25, 0.3) is 0 Å². The molecule has 2 aromatic rings. The van der Waals surface area contributed by atoms with E-state index in [-0.39, 0.29) is 5.91 Å². The molecule has 5 nitrogen and oxygen atoms in total. The third-order valence-electron chi connectivity index (χ3n) is 3.27. The highest BCUT2D eigenvalue weighted by Gasteiger charge is 2.27. The first kappa shape index (κ1) is 15.0. The number of nitrogens with zero attached hydrogens (tertiary/aromatic N) is 2. The van der Waals surface area contributed by atoms with Gasteiger partial charge in [-0.3, -0.25) is 14.5 Å². The van der Waals surface area contributed by atoms with Crippen LogP contribution in [0.3, 0.4) is 0 Å². The topological polar surface area (TPSA) is 62.7 Å². The van der Waals surface area contributed by atoms with Crippen LogP contribution in [-0.4, -0.2) is 20.7 Å². The van der Waals surface area contributed by atoms with E-state index in [1.807, 2.05) is 10.6 Å². The van der Waals surface area contributed by atoms with Gasteiger partial charge in [0.2, 0.25) is 0 Å². The van der Waals surface area contributed by atoms with Crippen molar-refractivity contribution in [3.63, 3.8) is 0 Å². The Morgan fingerprint density at radius 2 is 2.33 bits per heavy atom. The zero-order valence-electron chi connectivity index (χ0n) is 10.9. The van der Waals surface area contributed by atoms with Crippen molar-refractivity contribution < 1.29 is 4.79 Å². The second-order valence-electron chi connectivity index (χ2n) is 4.85. The first-order valence-corrected chi connectivity index (χ1v) is 8.32. The minimum Gasteiger partial charge on any atom is -0.345 e. The van der Waals surface area contributed by atoms with Crippen LogP contribution in [0.4, 0.5) is 0 Å². The summed E-state index contributed by atoms with van der Waals surface area (Å²) in [7, 11) is 0. The Labute approximate surface area is 145 Å². The summed E-state index contributed by atoms with van der Waals surface area (Å²) in [5.74, 6) is 0.589. The van der Waals surface area contributed by atoms with Crippen LogP contribution in [0.15, 0.2) is 18.2 Å². The Bertz CT molecular complexity index is 753.